The normalized spacial score (nSPS) is 10.9. The molecular formula is C14H15N5. The minimum absolute atomic E-state index is 0.616. The Labute approximate surface area is 111 Å². The monoisotopic (exact) mass is 253 g/mol. The van der Waals surface area contributed by atoms with E-state index in [2.05, 4.69) is 47.6 Å². The van der Waals surface area contributed by atoms with E-state index in [1.54, 1.807) is 16.9 Å². The van der Waals surface area contributed by atoms with Crippen molar-refractivity contribution in [2.45, 2.75) is 13.8 Å². The zero-order valence-electron chi connectivity index (χ0n) is 10.9. The number of fused-ring (bicyclic) bond motifs is 1. The highest BCUT2D eigenvalue weighted by molar-refractivity contribution is 5.74. The number of nitrogens with one attached hydrogen (secondary N) is 1. The second kappa shape index (κ2) is 4.37. The zero-order chi connectivity index (χ0) is 13.4. The Balaban J connectivity index is 2.17. The molecule has 0 atom stereocenters. The van der Waals surface area contributed by atoms with Crippen LogP contribution >= 0.6 is 0 Å². The Hall–Kier alpha value is -2.40. The van der Waals surface area contributed by atoms with Crippen LogP contribution in [0.25, 0.3) is 16.8 Å². The molecule has 3 N–H and O–H groups in total. The van der Waals surface area contributed by atoms with Crippen LogP contribution in [-0.2, 0) is 0 Å². The van der Waals surface area contributed by atoms with E-state index in [9.17, 15) is 0 Å². The van der Waals surface area contributed by atoms with Gasteiger partial charge in [0.15, 0.2) is 5.82 Å². The van der Waals surface area contributed by atoms with Crippen molar-refractivity contribution in [2.75, 3.05) is 5.43 Å². The lowest BCUT2D eigenvalue weighted by Gasteiger charge is -2.01. The van der Waals surface area contributed by atoms with Gasteiger partial charge in [-0.25, -0.2) is 15.3 Å². The Kier molecular flexibility index (Phi) is 2.68. The van der Waals surface area contributed by atoms with E-state index in [1.807, 2.05) is 6.07 Å². The molecule has 1 aromatic carbocycles. The van der Waals surface area contributed by atoms with Gasteiger partial charge in [0.25, 0.3) is 0 Å². The van der Waals surface area contributed by atoms with Crippen molar-refractivity contribution in [2.24, 2.45) is 5.84 Å². The van der Waals surface area contributed by atoms with Gasteiger partial charge in [0.2, 0.25) is 0 Å². The van der Waals surface area contributed by atoms with Crippen molar-refractivity contribution in [3.8, 4) is 11.3 Å². The van der Waals surface area contributed by atoms with Gasteiger partial charge >= 0.3 is 0 Å². The summed E-state index contributed by atoms with van der Waals surface area (Å²) in [4.78, 5) is 4.17. The Morgan fingerprint density at radius 3 is 2.74 bits per heavy atom. The molecule has 0 amide bonds. The third-order valence-electron chi connectivity index (χ3n) is 3.33. The van der Waals surface area contributed by atoms with Gasteiger partial charge in [0, 0.05) is 18.0 Å². The van der Waals surface area contributed by atoms with Crippen LogP contribution in [0.4, 0.5) is 5.82 Å². The summed E-state index contributed by atoms with van der Waals surface area (Å²) in [5, 5.41) is 4.54. The second-order valence-corrected chi connectivity index (χ2v) is 4.58. The van der Waals surface area contributed by atoms with Crippen molar-refractivity contribution in [3.63, 3.8) is 0 Å². The van der Waals surface area contributed by atoms with E-state index in [4.69, 9.17) is 5.84 Å². The van der Waals surface area contributed by atoms with Crippen molar-refractivity contribution < 1.29 is 0 Å². The first-order valence-corrected chi connectivity index (χ1v) is 6.07. The summed E-state index contributed by atoms with van der Waals surface area (Å²) in [6.07, 6.45) is 3.47. The standard InChI is InChI=1S/C14H15N5/c1-9-3-4-11(7-10(9)2)12-8-13-14(17-15)16-5-6-19(13)18-12/h3-8H,15H2,1-2H3,(H,16,17). The number of rotatable bonds is 2. The fourth-order valence-electron chi connectivity index (χ4n) is 2.08. The number of hydrogen-bond donors (Lipinski definition) is 2. The van der Waals surface area contributed by atoms with Crippen molar-refractivity contribution in [3.05, 3.63) is 47.8 Å². The highest BCUT2D eigenvalue weighted by Gasteiger charge is 2.08. The number of benzene rings is 1. The number of aryl methyl sites for hydroxylation is 2. The number of hydrogen-bond acceptors (Lipinski definition) is 4. The van der Waals surface area contributed by atoms with Gasteiger partial charge in [-0.15, -0.1) is 0 Å². The molecule has 0 unspecified atom stereocenters. The lowest BCUT2D eigenvalue weighted by molar-refractivity contribution is 0.949. The van der Waals surface area contributed by atoms with Crippen LogP contribution in [0.3, 0.4) is 0 Å². The molecule has 0 fully saturated rings. The van der Waals surface area contributed by atoms with Crippen molar-refractivity contribution >= 4 is 11.3 Å². The van der Waals surface area contributed by atoms with E-state index in [-0.39, 0.29) is 0 Å². The number of anilines is 1. The molecule has 0 radical (unpaired) electrons. The van der Waals surface area contributed by atoms with E-state index in [0.29, 0.717) is 5.82 Å². The maximum Gasteiger partial charge on any atom is 0.166 e. The number of nitrogen functional groups attached to an aromatic ring is 1. The minimum atomic E-state index is 0.616. The van der Waals surface area contributed by atoms with Gasteiger partial charge in [-0.1, -0.05) is 12.1 Å². The van der Waals surface area contributed by atoms with Gasteiger partial charge < -0.3 is 5.43 Å². The number of aromatic nitrogens is 3. The quantitative estimate of drug-likeness (QED) is 0.543. The summed E-state index contributed by atoms with van der Waals surface area (Å²) in [6.45, 7) is 4.20. The molecule has 2 aromatic heterocycles. The third kappa shape index (κ3) is 1.94. The van der Waals surface area contributed by atoms with Crippen LogP contribution in [0.5, 0.6) is 0 Å². The van der Waals surface area contributed by atoms with E-state index < -0.39 is 0 Å². The molecular weight excluding hydrogens is 238 g/mol. The fraction of sp³-hybridized carbons (Fsp3) is 0.143. The van der Waals surface area contributed by atoms with Crippen LogP contribution in [-0.4, -0.2) is 14.6 Å². The van der Waals surface area contributed by atoms with Crippen LogP contribution in [0.1, 0.15) is 11.1 Å². The largest absolute Gasteiger partial charge is 0.307 e. The summed E-state index contributed by atoms with van der Waals surface area (Å²) >= 11 is 0. The molecule has 0 spiro atoms. The molecule has 3 aromatic rings. The highest BCUT2D eigenvalue weighted by Crippen LogP contribution is 2.24. The predicted octanol–water partition coefficient (Wildman–Crippen LogP) is 2.30. The zero-order valence-corrected chi connectivity index (χ0v) is 10.9. The number of nitrogens with zero attached hydrogens (tertiary/aromatic N) is 3. The fourth-order valence-corrected chi connectivity index (χ4v) is 2.08. The van der Waals surface area contributed by atoms with Crippen LogP contribution < -0.4 is 11.3 Å². The predicted molar refractivity (Wildman–Crippen MR) is 75.7 cm³/mol. The van der Waals surface area contributed by atoms with Crippen molar-refractivity contribution in [1.82, 2.24) is 14.6 Å². The summed E-state index contributed by atoms with van der Waals surface area (Å²) in [5.41, 5.74) is 7.98. The van der Waals surface area contributed by atoms with Crippen LogP contribution in [0.2, 0.25) is 0 Å². The van der Waals surface area contributed by atoms with Crippen LogP contribution in [0, 0.1) is 13.8 Å². The second-order valence-electron chi connectivity index (χ2n) is 4.58. The first-order valence-electron chi connectivity index (χ1n) is 6.07. The Morgan fingerprint density at radius 1 is 1.16 bits per heavy atom. The van der Waals surface area contributed by atoms with E-state index in [0.717, 1.165) is 16.8 Å². The molecule has 0 aliphatic heterocycles. The molecule has 0 aliphatic rings. The molecule has 2 heterocycles. The molecule has 5 nitrogen and oxygen atoms in total. The first-order chi connectivity index (χ1) is 9.19. The maximum atomic E-state index is 5.45. The van der Waals surface area contributed by atoms with Crippen molar-refractivity contribution in [1.29, 1.82) is 0 Å². The summed E-state index contributed by atoms with van der Waals surface area (Å²) < 4.78 is 1.77. The molecule has 0 bridgehead atoms. The lowest BCUT2D eigenvalue weighted by atomic mass is 10.0. The molecule has 3 rings (SSSR count). The average molecular weight is 253 g/mol. The smallest absolute Gasteiger partial charge is 0.166 e. The summed E-state index contributed by atoms with van der Waals surface area (Å²) in [6, 6.07) is 8.30. The van der Waals surface area contributed by atoms with Gasteiger partial charge in [-0.2, -0.15) is 5.10 Å². The maximum absolute atomic E-state index is 5.45. The van der Waals surface area contributed by atoms with E-state index >= 15 is 0 Å². The minimum Gasteiger partial charge on any atom is -0.307 e. The molecule has 5 heteroatoms. The van der Waals surface area contributed by atoms with Gasteiger partial charge in [0.1, 0.15) is 5.52 Å². The molecule has 96 valence electrons. The lowest BCUT2D eigenvalue weighted by Crippen LogP contribution is -2.09. The first kappa shape index (κ1) is 11.7. The Bertz CT molecular complexity index is 745. The van der Waals surface area contributed by atoms with Gasteiger partial charge in [0.05, 0.1) is 5.69 Å². The highest BCUT2D eigenvalue weighted by atomic mass is 15.3. The molecule has 0 saturated carbocycles. The third-order valence-corrected chi connectivity index (χ3v) is 3.33. The van der Waals surface area contributed by atoms with Crippen LogP contribution in [0.15, 0.2) is 36.7 Å². The molecule has 0 saturated heterocycles. The summed E-state index contributed by atoms with van der Waals surface area (Å²) in [7, 11) is 0. The SMILES string of the molecule is Cc1ccc(-c2cc3c(NN)nccn3n2)cc1C. The topological polar surface area (TPSA) is 68.2 Å². The number of nitrogens with two attached hydrogens (primary N) is 1. The van der Waals surface area contributed by atoms with E-state index in [1.165, 1.54) is 11.1 Å². The van der Waals surface area contributed by atoms with Gasteiger partial charge in [-0.05, 0) is 37.1 Å². The molecule has 0 aliphatic carbocycles. The summed E-state index contributed by atoms with van der Waals surface area (Å²) in [5.74, 6) is 6.07. The van der Waals surface area contributed by atoms with Gasteiger partial charge in [-0.3, -0.25) is 0 Å². The Morgan fingerprint density at radius 2 is 2.00 bits per heavy atom. The molecule has 19 heavy (non-hydrogen) atoms. The number of hydrazine groups is 1. The average Bonchev–Trinajstić information content (AvgIpc) is 2.85.